The minimum atomic E-state index is -0.0143. The predicted molar refractivity (Wildman–Crippen MR) is 39.5 cm³/mol. The molecule has 5 heteroatoms. The van der Waals surface area contributed by atoms with Crippen LogP contribution in [0.2, 0.25) is 0 Å². The van der Waals surface area contributed by atoms with Gasteiger partial charge in [0.05, 0.1) is 5.69 Å². The molecular weight excluding hydrogens is 158 g/mol. The molecular formula is C7H5N3O2. The molecule has 1 N–H and O–H groups in total. The van der Waals surface area contributed by atoms with Gasteiger partial charge in [-0.1, -0.05) is 5.16 Å². The summed E-state index contributed by atoms with van der Waals surface area (Å²) in [5.41, 5.74) is 0.729. The molecule has 2 aromatic heterocycles. The Hall–Kier alpha value is -1.91. The maximum Gasteiger partial charge on any atom is 0.291 e. The van der Waals surface area contributed by atoms with E-state index in [1.807, 2.05) is 6.07 Å². The first kappa shape index (κ1) is 6.78. The molecule has 0 radical (unpaired) electrons. The zero-order valence-corrected chi connectivity index (χ0v) is 6.02. The van der Waals surface area contributed by atoms with E-state index in [-0.39, 0.29) is 5.89 Å². The van der Waals surface area contributed by atoms with Crippen LogP contribution in [0.25, 0.3) is 11.5 Å². The number of hydrogen-bond acceptors (Lipinski definition) is 4. The molecule has 0 fully saturated rings. The fraction of sp³-hybridized carbons (Fsp3) is 0. The molecule has 2 heterocycles. The van der Waals surface area contributed by atoms with Gasteiger partial charge in [0.25, 0.3) is 5.89 Å². The fourth-order valence-corrected chi connectivity index (χ4v) is 0.862. The molecule has 0 aromatic carbocycles. The number of carbonyl (C=O) groups excluding carboxylic acids is 1. The van der Waals surface area contributed by atoms with Crippen molar-refractivity contribution in [1.82, 2.24) is 15.1 Å². The third-order valence-electron chi connectivity index (χ3n) is 1.38. The molecule has 0 aliphatic carbocycles. The van der Waals surface area contributed by atoms with Gasteiger partial charge in [0, 0.05) is 6.20 Å². The minimum absolute atomic E-state index is 0.0143. The highest BCUT2D eigenvalue weighted by Gasteiger charge is 2.06. The van der Waals surface area contributed by atoms with E-state index in [0.29, 0.717) is 12.1 Å². The number of rotatable bonds is 2. The average Bonchev–Trinajstić information content (AvgIpc) is 2.75. The van der Waals surface area contributed by atoms with Crippen LogP contribution >= 0.6 is 0 Å². The molecule has 0 aliphatic heterocycles. The van der Waals surface area contributed by atoms with E-state index >= 15 is 0 Å². The summed E-state index contributed by atoms with van der Waals surface area (Å²) < 4.78 is 4.59. The Balaban J connectivity index is 2.41. The molecule has 0 spiro atoms. The molecule has 0 unspecified atom stereocenters. The Bertz CT molecular complexity index is 377. The standard InChI is InChI=1S/C7H5N3O2/c11-4-6-9-7(10-12-6)5-2-1-3-8-5/h1-4,8H. The first-order valence-corrected chi connectivity index (χ1v) is 3.33. The lowest BCUT2D eigenvalue weighted by Crippen LogP contribution is -1.80. The lowest BCUT2D eigenvalue weighted by molar-refractivity contribution is 0.108. The molecule has 12 heavy (non-hydrogen) atoms. The van der Waals surface area contributed by atoms with Gasteiger partial charge < -0.3 is 9.51 Å². The van der Waals surface area contributed by atoms with Gasteiger partial charge >= 0.3 is 0 Å². The Morgan fingerprint density at radius 2 is 2.50 bits per heavy atom. The molecule has 0 bridgehead atoms. The summed E-state index contributed by atoms with van der Waals surface area (Å²) in [5, 5.41) is 3.58. The summed E-state index contributed by atoms with van der Waals surface area (Å²) in [6.07, 6.45) is 2.26. The SMILES string of the molecule is O=Cc1nc(-c2ccc[nH]2)no1. The van der Waals surface area contributed by atoms with E-state index in [1.165, 1.54) is 0 Å². The lowest BCUT2D eigenvalue weighted by atomic mass is 10.4. The minimum Gasteiger partial charge on any atom is -0.359 e. The number of H-pyrrole nitrogens is 1. The largest absolute Gasteiger partial charge is 0.359 e. The summed E-state index contributed by atoms with van der Waals surface area (Å²) in [6.45, 7) is 0. The lowest BCUT2D eigenvalue weighted by Gasteiger charge is -1.82. The number of aldehydes is 1. The number of hydrogen-bond donors (Lipinski definition) is 1. The van der Waals surface area contributed by atoms with Crippen molar-refractivity contribution in [3.63, 3.8) is 0 Å². The summed E-state index contributed by atoms with van der Waals surface area (Å²) in [5.74, 6) is 0.377. The molecule has 5 nitrogen and oxygen atoms in total. The topological polar surface area (TPSA) is 71.8 Å². The zero-order chi connectivity index (χ0) is 8.39. The van der Waals surface area contributed by atoms with Gasteiger partial charge in [-0.05, 0) is 12.1 Å². The molecule has 0 saturated carbocycles. The van der Waals surface area contributed by atoms with Gasteiger partial charge in [-0.25, -0.2) is 0 Å². The van der Waals surface area contributed by atoms with Crippen LogP contribution in [-0.2, 0) is 0 Å². The molecule has 2 rings (SSSR count). The van der Waals surface area contributed by atoms with Crippen LogP contribution in [0, 0.1) is 0 Å². The van der Waals surface area contributed by atoms with E-state index in [4.69, 9.17) is 0 Å². The number of aromatic amines is 1. The van der Waals surface area contributed by atoms with Gasteiger partial charge in [-0.15, -0.1) is 0 Å². The third-order valence-corrected chi connectivity index (χ3v) is 1.38. The number of nitrogens with one attached hydrogen (secondary N) is 1. The molecule has 60 valence electrons. The van der Waals surface area contributed by atoms with Crippen molar-refractivity contribution in [3.8, 4) is 11.5 Å². The number of nitrogens with zero attached hydrogens (tertiary/aromatic N) is 2. The molecule has 0 amide bonds. The van der Waals surface area contributed by atoms with Crippen molar-refractivity contribution in [2.75, 3.05) is 0 Å². The van der Waals surface area contributed by atoms with E-state index < -0.39 is 0 Å². The second kappa shape index (κ2) is 2.61. The molecule has 0 saturated heterocycles. The van der Waals surface area contributed by atoms with Crippen LogP contribution in [0.3, 0.4) is 0 Å². The van der Waals surface area contributed by atoms with Crippen LogP contribution < -0.4 is 0 Å². The normalized spacial score (nSPS) is 10.0. The van der Waals surface area contributed by atoms with Crippen LogP contribution in [0.4, 0.5) is 0 Å². The highest BCUT2D eigenvalue weighted by molar-refractivity contribution is 5.68. The fourth-order valence-electron chi connectivity index (χ4n) is 0.862. The van der Waals surface area contributed by atoms with Gasteiger partial charge in [0.15, 0.2) is 0 Å². The van der Waals surface area contributed by atoms with Crippen molar-refractivity contribution in [3.05, 3.63) is 24.2 Å². The summed E-state index contributed by atoms with van der Waals surface area (Å²) in [4.78, 5) is 16.9. The van der Waals surface area contributed by atoms with Crippen molar-refractivity contribution in [1.29, 1.82) is 0 Å². The van der Waals surface area contributed by atoms with Crippen molar-refractivity contribution < 1.29 is 9.32 Å². The predicted octanol–water partition coefficient (Wildman–Crippen LogP) is 0.877. The Labute approximate surface area is 67.4 Å². The zero-order valence-electron chi connectivity index (χ0n) is 6.02. The van der Waals surface area contributed by atoms with Crippen molar-refractivity contribution in [2.45, 2.75) is 0 Å². The van der Waals surface area contributed by atoms with E-state index in [2.05, 4.69) is 19.6 Å². The number of carbonyl (C=O) groups is 1. The van der Waals surface area contributed by atoms with Crippen LogP contribution in [0.5, 0.6) is 0 Å². The Morgan fingerprint density at radius 3 is 3.08 bits per heavy atom. The smallest absolute Gasteiger partial charge is 0.291 e. The van der Waals surface area contributed by atoms with Crippen LogP contribution in [0.15, 0.2) is 22.9 Å². The van der Waals surface area contributed by atoms with Gasteiger partial charge in [-0.2, -0.15) is 4.98 Å². The summed E-state index contributed by atoms with van der Waals surface area (Å²) in [7, 11) is 0. The Kier molecular flexibility index (Phi) is 1.48. The maximum absolute atomic E-state index is 10.2. The van der Waals surface area contributed by atoms with E-state index in [1.54, 1.807) is 12.3 Å². The van der Waals surface area contributed by atoms with Crippen LogP contribution in [-0.4, -0.2) is 21.4 Å². The van der Waals surface area contributed by atoms with Gasteiger partial charge in [-0.3, -0.25) is 4.79 Å². The molecule has 0 aliphatic rings. The van der Waals surface area contributed by atoms with Gasteiger partial charge in [0.1, 0.15) is 0 Å². The van der Waals surface area contributed by atoms with E-state index in [0.717, 1.165) is 5.69 Å². The first-order chi connectivity index (χ1) is 5.90. The quantitative estimate of drug-likeness (QED) is 0.667. The third kappa shape index (κ3) is 1.01. The number of aromatic nitrogens is 3. The highest BCUT2D eigenvalue weighted by Crippen LogP contribution is 2.11. The maximum atomic E-state index is 10.2. The molecule has 0 atom stereocenters. The average molecular weight is 163 g/mol. The summed E-state index contributed by atoms with van der Waals surface area (Å²) >= 11 is 0. The first-order valence-electron chi connectivity index (χ1n) is 3.33. The second-order valence-electron chi connectivity index (χ2n) is 2.16. The highest BCUT2D eigenvalue weighted by atomic mass is 16.5. The van der Waals surface area contributed by atoms with Crippen molar-refractivity contribution >= 4 is 6.29 Å². The van der Waals surface area contributed by atoms with Gasteiger partial charge in [0.2, 0.25) is 12.1 Å². The second-order valence-corrected chi connectivity index (χ2v) is 2.16. The van der Waals surface area contributed by atoms with E-state index in [9.17, 15) is 4.79 Å². The van der Waals surface area contributed by atoms with Crippen LogP contribution in [0.1, 0.15) is 10.7 Å². The Morgan fingerprint density at radius 1 is 1.58 bits per heavy atom. The molecule has 2 aromatic rings. The van der Waals surface area contributed by atoms with Crippen molar-refractivity contribution in [2.24, 2.45) is 0 Å². The monoisotopic (exact) mass is 163 g/mol. The summed E-state index contributed by atoms with van der Waals surface area (Å²) in [6, 6.07) is 3.60.